The number of rotatable bonds is 1. The molecular weight excluding hydrogens is 212 g/mol. The zero-order chi connectivity index (χ0) is 12.1. The molecule has 3 rings (SSSR count). The minimum atomic E-state index is 0.626. The maximum Gasteiger partial charge on any atom is 0.204 e. The SMILES string of the molecule is CC.c1ccc2cc(-c3nn[nH]n3)ccc2c1. The van der Waals surface area contributed by atoms with Gasteiger partial charge in [-0.1, -0.05) is 50.2 Å². The third-order valence-electron chi connectivity index (χ3n) is 2.35. The predicted octanol–water partition coefficient (Wildman–Crippen LogP) is 3.05. The molecule has 0 aliphatic rings. The average molecular weight is 226 g/mol. The van der Waals surface area contributed by atoms with E-state index in [0.29, 0.717) is 5.82 Å². The van der Waals surface area contributed by atoms with Gasteiger partial charge in [-0.15, -0.1) is 10.2 Å². The van der Waals surface area contributed by atoms with Crippen LogP contribution in [-0.4, -0.2) is 20.6 Å². The molecule has 17 heavy (non-hydrogen) atoms. The smallest absolute Gasteiger partial charge is 0.177 e. The highest BCUT2D eigenvalue weighted by atomic mass is 15.5. The van der Waals surface area contributed by atoms with Crippen LogP contribution < -0.4 is 0 Å². The molecule has 1 N–H and O–H groups in total. The van der Waals surface area contributed by atoms with Crippen molar-refractivity contribution in [2.24, 2.45) is 0 Å². The Hall–Kier alpha value is -2.23. The lowest BCUT2D eigenvalue weighted by Gasteiger charge is -1.98. The summed E-state index contributed by atoms with van der Waals surface area (Å²) in [7, 11) is 0. The molecule has 2 aromatic carbocycles. The number of fused-ring (bicyclic) bond motifs is 1. The largest absolute Gasteiger partial charge is 0.204 e. The van der Waals surface area contributed by atoms with Crippen molar-refractivity contribution in [2.75, 3.05) is 0 Å². The van der Waals surface area contributed by atoms with E-state index in [1.807, 2.05) is 32.0 Å². The maximum absolute atomic E-state index is 3.95. The average Bonchev–Trinajstić information content (AvgIpc) is 2.94. The van der Waals surface area contributed by atoms with E-state index in [0.717, 1.165) is 5.56 Å². The molecule has 0 amide bonds. The summed E-state index contributed by atoms with van der Waals surface area (Å²) in [5.74, 6) is 0.626. The van der Waals surface area contributed by atoms with Crippen molar-refractivity contribution < 1.29 is 0 Å². The molecule has 86 valence electrons. The van der Waals surface area contributed by atoms with Crippen LogP contribution in [0.25, 0.3) is 22.2 Å². The van der Waals surface area contributed by atoms with Gasteiger partial charge in [-0.05, 0) is 22.1 Å². The highest BCUT2D eigenvalue weighted by molar-refractivity contribution is 5.86. The van der Waals surface area contributed by atoms with E-state index in [2.05, 4.69) is 44.9 Å². The molecule has 0 bridgehead atoms. The van der Waals surface area contributed by atoms with Gasteiger partial charge in [0, 0.05) is 5.56 Å². The Morgan fingerprint density at radius 3 is 2.41 bits per heavy atom. The minimum Gasteiger partial charge on any atom is -0.177 e. The first-order valence-electron chi connectivity index (χ1n) is 5.66. The van der Waals surface area contributed by atoms with E-state index >= 15 is 0 Å². The molecular formula is C13H14N4. The summed E-state index contributed by atoms with van der Waals surface area (Å²) in [6.45, 7) is 4.00. The standard InChI is InChI=1S/C11H8N4.C2H6/c1-2-4-9-7-10(6-5-8(9)3-1)11-12-14-15-13-11;1-2/h1-7H,(H,12,13,14,15);1-2H3. The van der Waals surface area contributed by atoms with E-state index in [4.69, 9.17) is 0 Å². The summed E-state index contributed by atoms with van der Waals surface area (Å²) in [4.78, 5) is 0. The van der Waals surface area contributed by atoms with Crippen molar-refractivity contribution in [1.29, 1.82) is 0 Å². The lowest BCUT2D eigenvalue weighted by Crippen LogP contribution is -1.81. The van der Waals surface area contributed by atoms with Gasteiger partial charge in [0.1, 0.15) is 0 Å². The van der Waals surface area contributed by atoms with Crippen LogP contribution >= 0.6 is 0 Å². The van der Waals surface area contributed by atoms with Crippen LogP contribution in [-0.2, 0) is 0 Å². The lowest BCUT2D eigenvalue weighted by atomic mass is 10.1. The lowest BCUT2D eigenvalue weighted by molar-refractivity contribution is 0.881. The van der Waals surface area contributed by atoms with Crippen molar-refractivity contribution in [3.63, 3.8) is 0 Å². The Bertz CT molecular complexity index is 587. The van der Waals surface area contributed by atoms with Gasteiger partial charge in [0.15, 0.2) is 0 Å². The van der Waals surface area contributed by atoms with Gasteiger partial charge in [0.25, 0.3) is 0 Å². The molecule has 0 fully saturated rings. The first-order valence-corrected chi connectivity index (χ1v) is 5.66. The zero-order valence-corrected chi connectivity index (χ0v) is 9.88. The number of tetrazole rings is 1. The number of nitrogens with one attached hydrogen (secondary N) is 1. The van der Waals surface area contributed by atoms with Crippen LogP contribution in [0.2, 0.25) is 0 Å². The van der Waals surface area contributed by atoms with E-state index in [-0.39, 0.29) is 0 Å². The van der Waals surface area contributed by atoms with E-state index in [1.165, 1.54) is 10.8 Å². The van der Waals surface area contributed by atoms with Gasteiger partial charge < -0.3 is 0 Å². The monoisotopic (exact) mass is 226 g/mol. The molecule has 0 aliphatic heterocycles. The Kier molecular flexibility index (Phi) is 3.45. The van der Waals surface area contributed by atoms with Crippen LogP contribution in [0.5, 0.6) is 0 Å². The fraction of sp³-hybridized carbons (Fsp3) is 0.154. The number of hydrogen-bond acceptors (Lipinski definition) is 3. The highest BCUT2D eigenvalue weighted by Gasteiger charge is 2.02. The van der Waals surface area contributed by atoms with Crippen LogP contribution in [0.4, 0.5) is 0 Å². The van der Waals surface area contributed by atoms with Gasteiger partial charge in [0.2, 0.25) is 5.82 Å². The Morgan fingerprint density at radius 1 is 0.941 bits per heavy atom. The number of benzene rings is 2. The molecule has 1 aromatic heterocycles. The van der Waals surface area contributed by atoms with E-state index in [9.17, 15) is 0 Å². The fourth-order valence-electron chi connectivity index (χ4n) is 1.61. The van der Waals surface area contributed by atoms with Gasteiger partial charge >= 0.3 is 0 Å². The third-order valence-corrected chi connectivity index (χ3v) is 2.35. The summed E-state index contributed by atoms with van der Waals surface area (Å²) in [6, 6.07) is 14.3. The number of H-pyrrole nitrogens is 1. The molecule has 3 aromatic rings. The van der Waals surface area contributed by atoms with Gasteiger partial charge in [-0.2, -0.15) is 5.21 Å². The van der Waals surface area contributed by atoms with Gasteiger partial charge in [0.05, 0.1) is 0 Å². The minimum absolute atomic E-state index is 0.626. The van der Waals surface area contributed by atoms with Crippen molar-refractivity contribution in [3.8, 4) is 11.4 Å². The second-order valence-corrected chi connectivity index (χ2v) is 3.30. The predicted molar refractivity (Wildman–Crippen MR) is 68.5 cm³/mol. The summed E-state index contributed by atoms with van der Waals surface area (Å²) >= 11 is 0. The van der Waals surface area contributed by atoms with Crippen LogP contribution in [0.1, 0.15) is 13.8 Å². The molecule has 1 heterocycles. The van der Waals surface area contributed by atoms with Gasteiger partial charge in [-0.25, -0.2) is 0 Å². The second-order valence-electron chi connectivity index (χ2n) is 3.30. The van der Waals surface area contributed by atoms with Crippen molar-refractivity contribution >= 4 is 10.8 Å². The molecule has 0 unspecified atom stereocenters. The summed E-state index contributed by atoms with van der Waals surface area (Å²) < 4.78 is 0. The number of aromatic amines is 1. The maximum atomic E-state index is 3.95. The molecule has 0 aliphatic carbocycles. The first kappa shape index (κ1) is 11.3. The zero-order valence-electron chi connectivity index (χ0n) is 9.88. The molecule has 0 saturated heterocycles. The summed E-state index contributed by atoms with van der Waals surface area (Å²) in [6.07, 6.45) is 0. The van der Waals surface area contributed by atoms with Crippen LogP contribution in [0.3, 0.4) is 0 Å². The first-order chi connectivity index (χ1) is 8.43. The fourth-order valence-corrected chi connectivity index (χ4v) is 1.61. The Balaban J connectivity index is 0.000000514. The third kappa shape index (κ3) is 2.30. The van der Waals surface area contributed by atoms with Gasteiger partial charge in [-0.3, -0.25) is 0 Å². The molecule has 0 saturated carbocycles. The second kappa shape index (κ2) is 5.21. The van der Waals surface area contributed by atoms with Crippen molar-refractivity contribution in [2.45, 2.75) is 13.8 Å². The number of aromatic nitrogens is 4. The number of nitrogens with zero attached hydrogens (tertiary/aromatic N) is 3. The normalized spacial score (nSPS) is 9.76. The Labute approximate surface area is 99.7 Å². The molecule has 0 spiro atoms. The summed E-state index contributed by atoms with van der Waals surface area (Å²) in [5, 5.41) is 16.3. The van der Waals surface area contributed by atoms with Crippen molar-refractivity contribution in [3.05, 3.63) is 42.5 Å². The number of hydrogen-bond donors (Lipinski definition) is 1. The van der Waals surface area contributed by atoms with Crippen LogP contribution in [0, 0.1) is 0 Å². The molecule has 4 nitrogen and oxygen atoms in total. The van der Waals surface area contributed by atoms with E-state index in [1.54, 1.807) is 0 Å². The van der Waals surface area contributed by atoms with Crippen molar-refractivity contribution in [1.82, 2.24) is 20.6 Å². The molecule has 0 radical (unpaired) electrons. The quantitative estimate of drug-likeness (QED) is 0.693. The summed E-state index contributed by atoms with van der Waals surface area (Å²) in [5.41, 5.74) is 0.974. The topological polar surface area (TPSA) is 54.5 Å². The molecule has 4 heteroatoms. The van der Waals surface area contributed by atoms with E-state index < -0.39 is 0 Å². The molecule has 0 atom stereocenters. The van der Waals surface area contributed by atoms with Crippen LogP contribution in [0.15, 0.2) is 42.5 Å². The Morgan fingerprint density at radius 2 is 1.71 bits per heavy atom. The highest BCUT2D eigenvalue weighted by Crippen LogP contribution is 2.20.